The maximum Gasteiger partial charge on any atom is 0.412 e. The van der Waals surface area contributed by atoms with Crippen LogP contribution >= 0.6 is 0 Å². The van der Waals surface area contributed by atoms with Crippen molar-refractivity contribution in [2.75, 3.05) is 19.6 Å². The van der Waals surface area contributed by atoms with Gasteiger partial charge in [-0.15, -0.1) is 0 Å². The maximum atomic E-state index is 12.4. The van der Waals surface area contributed by atoms with Crippen LogP contribution < -0.4 is 10.1 Å². The fourth-order valence-electron chi connectivity index (χ4n) is 3.85. The van der Waals surface area contributed by atoms with Gasteiger partial charge in [-0.1, -0.05) is 62.7 Å². The van der Waals surface area contributed by atoms with Crippen LogP contribution in [-0.2, 0) is 15.0 Å². The van der Waals surface area contributed by atoms with Crippen LogP contribution in [0.3, 0.4) is 0 Å². The van der Waals surface area contributed by atoms with Gasteiger partial charge in [0.15, 0.2) is 0 Å². The van der Waals surface area contributed by atoms with Crippen LogP contribution in [0.4, 0.5) is 4.79 Å². The number of rotatable bonds is 14. The summed E-state index contributed by atoms with van der Waals surface area (Å²) < 4.78 is 5.46. The number of hydrogen-bond acceptors (Lipinski definition) is 6. The van der Waals surface area contributed by atoms with E-state index in [-0.39, 0.29) is 11.3 Å². The highest BCUT2D eigenvalue weighted by Crippen LogP contribution is 2.32. The predicted octanol–water partition coefficient (Wildman–Crippen LogP) is 5.34. The lowest BCUT2D eigenvalue weighted by Crippen LogP contribution is -2.32. The fourth-order valence-corrected chi connectivity index (χ4v) is 3.85. The second-order valence-electron chi connectivity index (χ2n) is 8.74. The first-order valence-corrected chi connectivity index (χ1v) is 11.7. The Kier molecular flexibility index (Phi) is 11.5. The summed E-state index contributed by atoms with van der Waals surface area (Å²) in [4.78, 5) is 39.9. The number of nitrogens with zero attached hydrogens (tertiary/aromatic N) is 2. The number of unbranched alkanes of at least 4 members (excludes halogenated alkanes) is 1. The van der Waals surface area contributed by atoms with E-state index in [4.69, 9.17) is 4.74 Å². The molecule has 0 aromatic heterocycles. The Balaban J connectivity index is 1.87. The van der Waals surface area contributed by atoms with E-state index >= 15 is 0 Å². The molecule has 0 aliphatic carbocycles. The lowest BCUT2D eigenvalue weighted by molar-refractivity contribution is 0.197. The van der Waals surface area contributed by atoms with Crippen molar-refractivity contribution >= 4 is 18.3 Å². The number of ether oxygens (including phenoxy) is 1. The minimum Gasteiger partial charge on any atom is -0.410 e. The highest BCUT2D eigenvalue weighted by Gasteiger charge is 2.22. The molecule has 1 atom stereocenters. The Morgan fingerprint density at radius 1 is 0.882 bits per heavy atom. The summed E-state index contributed by atoms with van der Waals surface area (Å²) in [6.45, 7) is 5.66. The van der Waals surface area contributed by atoms with E-state index in [1.54, 1.807) is 6.08 Å². The SMILES string of the molecule is CC(C)(c1ccccc1)c1ccc(OC(=O)NCC(CCCCN=C=O)CCCN=C=O)cc1. The van der Waals surface area contributed by atoms with Crippen molar-refractivity contribution in [3.8, 4) is 5.75 Å². The minimum atomic E-state index is -0.503. The highest BCUT2D eigenvalue weighted by atomic mass is 16.6. The van der Waals surface area contributed by atoms with Crippen molar-refractivity contribution in [3.05, 3.63) is 65.7 Å². The molecule has 0 aliphatic rings. The van der Waals surface area contributed by atoms with Gasteiger partial charge < -0.3 is 10.1 Å². The van der Waals surface area contributed by atoms with Crippen LogP contribution in [0.25, 0.3) is 0 Å². The molecule has 2 aromatic rings. The molecule has 0 heterocycles. The molecule has 1 unspecified atom stereocenters. The molecule has 0 saturated heterocycles. The topological polar surface area (TPSA) is 97.2 Å². The summed E-state index contributed by atoms with van der Waals surface area (Å²) in [6, 6.07) is 17.8. The van der Waals surface area contributed by atoms with Gasteiger partial charge in [0.2, 0.25) is 12.2 Å². The van der Waals surface area contributed by atoms with Gasteiger partial charge in [-0.3, -0.25) is 0 Å². The summed E-state index contributed by atoms with van der Waals surface area (Å²) >= 11 is 0. The number of hydrogen-bond donors (Lipinski definition) is 1. The smallest absolute Gasteiger partial charge is 0.410 e. The normalized spacial score (nSPS) is 11.6. The van der Waals surface area contributed by atoms with Crippen LogP contribution in [-0.4, -0.2) is 37.9 Å². The van der Waals surface area contributed by atoms with Crippen LogP contribution in [0, 0.1) is 5.92 Å². The second-order valence-corrected chi connectivity index (χ2v) is 8.74. The molecule has 7 heteroatoms. The maximum absolute atomic E-state index is 12.4. The molecule has 0 fully saturated rings. The second kappa shape index (κ2) is 14.6. The molecule has 34 heavy (non-hydrogen) atoms. The minimum absolute atomic E-state index is 0.166. The molecular formula is C27H33N3O4. The van der Waals surface area contributed by atoms with E-state index in [0.29, 0.717) is 25.4 Å². The van der Waals surface area contributed by atoms with Crippen LogP contribution in [0.5, 0.6) is 5.75 Å². The third-order valence-electron chi connectivity index (χ3n) is 5.96. The molecule has 1 N–H and O–H groups in total. The molecule has 2 rings (SSSR count). The molecule has 7 nitrogen and oxygen atoms in total. The Morgan fingerprint density at radius 2 is 1.47 bits per heavy atom. The summed E-state index contributed by atoms with van der Waals surface area (Å²) in [6.07, 6.45) is 6.66. The summed E-state index contributed by atoms with van der Waals surface area (Å²) in [5, 5.41) is 2.84. The van der Waals surface area contributed by atoms with Crippen LogP contribution in [0.2, 0.25) is 0 Å². The van der Waals surface area contributed by atoms with Gasteiger partial charge in [0, 0.05) is 12.0 Å². The lowest BCUT2D eigenvalue weighted by Gasteiger charge is -2.26. The number of carbonyl (C=O) groups excluding carboxylic acids is 3. The standard InChI is InChI=1S/C27H33N3O4/c1-27(2,23-11-4-3-5-12-23)24-13-15-25(16-14-24)34-26(33)30-19-22(10-8-18-29-21-32)9-6-7-17-28-20-31/h3-5,11-16,22H,6-10,17-19H2,1-2H3,(H,30,33). The number of nitrogens with one attached hydrogen (secondary N) is 1. The number of isocyanates is 2. The van der Waals surface area contributed by atoms with Crippen molar-refractivity contribution in [2.24, 2.45) is 15.9 Å². The Bertz CT molecular complexity index is 977. The summed E-state index contributed by atoms with van der Waals surface area (Å²) in [7, 11) is 0. The first-order valence-electron chi connectivity index (χ1n) is 11.7. The molecule has 0 saturated carbocycles. The molecule has 1 amide bonds. The zero-order valence-electron chi connectivity index (χ0n) is 20.0. The van der Waals surface area contributed by atoms with Gasteiger partial charge in [-0.25, -0.2) is 24.4 Å². The zero-order chi connectivity index (χ0) is 24.7. The van der Waals surface area contributed by atoms with Gasteiger partial charge in [-0.05, 0) is 54.9 Å². The van der Waals surface area contributed by atoms with E-state index in [9.17, 15) is 14.4 Å². The first-order chi connectivity index (χ1) is 16.5. The van der Waals surface area contributed by atoms with Crippen LogP contribution in [0.15, 0.2) is 64.6 Å². The Hall–Kier alpha value is -3.53. The molecule has 180 valence electrons. The number of carbonyl (C=O) groups is 1. The van der Waals surface area contributed by atoms with Crippen LogP contribution in [0.1, 0.15) is 57.1 Å². The summed E-state index contributed by atoms with van der Waals surface area (Å²) in [5.74, 6) is 0.692. The number of benzene rings is 2. The third-order valence-corrected chi connectivity index (χ3v) is 5.96. The van der Waals surface area contributed by atoms with Crippen molar-refractivity contribution in [2.45, 2.75) is 51.4 Å². The van der Waals surface area contributed by atoms with E-state index in [0.717, 1.165) is 37.7 Å². The summed E-state index contributed by atoms with van der Waals surface area (Å²) in [5.41, 5.74) is 2.17. The van der Waals surface area contributed by atoms with Crippen molar-refractivity contribution < 1.29 is 19.1 Å². The van der Waals surface area contributed by atoms with Gasteiger partial charge in [0.25, 0.3) is 0 Å². The number of amides is 1. The molecule has 0 radical (unpaired) electrons. The Morgan fingerprint density at radius 3 is 2.12 bits per heavy atom. The third kappa shape index (κ3) is 9.14. The van der Waals surface area contributed by atoms with Gasteiger partial charge in [0.05, 0.1) is 13.1 Å². The molecule has 0 bridgehead atoms. The molecule has 0 spiro atoms. The average molecular weight is 464 g/mol. The monoisotopic (exact) mass is 463 g/mol. The Labute approximate surface area is 201 Å². The lowest BCUT2D eigenvalue weighted by atomic mass is 9.78. The van der Waals surface area contributed by atoms with Crippen molar-refractivity contribution in [1.29, 1.82) is 0 Å². The van der Waals surface area contributed by atoms with E-state index in [1.807, 2.05) is 42.5 Å². The largest absolute Gasteiger partial charge is 0.412 e. The average Bonchev–Trinajstić information content (AvgIpc) is 2.85. The van der Waals surface area contributed by atoms with Crippen molar-refractivity contribution in [3.63, 3.8) is 0 Å². The number of aliphatic imine (C=N–C) groups is 2. The zero-order valence-corrected chi connectivity index (χ0v) is 20.0. The van der Waals surface area contributed by atoms with Gasteiger partial charge >= 0.3 is 6.09 Å². The molecule has 2 aromatic carbocycles. The van der Waals surface area contributed by atoms with Crippen molar-refractivity contribution in [1.82, 2.24) is 5.32 Å². The highest BCUT2D eigenvalue weighted by molar-refractivity contribution is 5.70. The predicted molar refractivity (Wildman–Crippen MR) is 132 cm³/mol. The van der Waals surface area contributed by atoms with Gasteiger partial charge in [0.1, 0.15) is 5.75 Å². The molecule has 0 aliphatic heterocycles. The first kappa shape index (κ1) is 26.7. The molecular weight excluding hydrogens is 430 g/mol. The van der Waals surface area contributed by atoms with E-state index in [1.165, 1.54) is 11.6 Å². The fraction of sp³-hybridized carbons (Fsp3) is 0.444. The van der Waals surface area contributed by atoms with E-state index in [2.05, 4.69) is 41.3 Å². The van der Waals surface area contributed by atoms with E-state index < -0.39 is 6.09 Å². The van der Waals surface area contributed by atoms with Gasteiger partial charge in [-0.2, -0.15) is 0 Å². The quantitative estimate of drug-likeness (QED) is 0.232.